The Hall–Kier alpha value is -0.570. The second kappa shape index (κ2) is 7.70. The molecule has 0 amide bonds. The van der Waals surface area contributed by atoms with Crippen molar-refractivity contribution in [1.82, 2.24) is 4.90 Å². The van der Waals surface area contributed by atoms with Gasteiger partial charge in [-0.2, -0.15) is 0 Å². The lowest BCUT2D eigenvalue weighted by atomic mass is 9.87. The minimum Gasteiger partial charge on any atom is -0.481 e. The number of hydrogen-bond acceptors (Lipinski definition) is 2. The molecule has 1 saturated carbocycles. The maximum Gasteiger partial charge on any atom is 0.304 e. The van der Waals surface area contributed by atoms with Gasteiger partial charge in [0.25, 0.3) is 0 Å². The van der Waals surface area contributed by atoms with Crippen LogP contribution in [0.2, 0.25) is 0 Å². The predicted molar refractivity (Wildman–Crippen MR) is 70.2 cm³/mol. The molecule has 0 aromatic carbocycles. The lowest BCUT2D eigenvalue weighted by molar-refractivity contribution is -0.137. The first-order valence-electron chi connectivity index (χ1n) is 7.05. The van der Waals surface area contributed by atoms with Crippen LogP contribution in [0.4, 0.5) is 0 Å². The van der Waals surface area contributed by atoms with Gasteiger partial charge in [-0.15, -0.1) is 0 Å². The highest BCUT2D eigenvalue weighted by molar-refractivity contribution is 5.66. The van der Waals surface area contributed by atoms with E-state index in [2.05, 4.69) is 18.7 Å². The molecule has 3 nitrogen and oxygen atoms in total. The smallest absolute Gasteiger partial charge is 0.304 e. The molecule has 1 N–H and O–H groups in total. The standard InChI is InChI=1S/C14H27NO2/c1-12(2)15(11-9-14(16)17)10-8-13-6-4-3-5-7-13/h12-13H,3-11H2,1-2H3,(H,16,17). The fourth-order valence-electron chi connectivity index (χ4n) is 2.69. The Morgan fingerprint density at radius 2 is 1.88 bits per heavy atom. The Kier molecular flexibility index (Phi) is 6.56. The number of rotatable bonds is 7. The molecule has 0 spiro atoms. The van der Waals surface area contributed by atoms with Crippen LogP contribution in [-0.4, -0.2) is 35.1 Å². The molecule has 1 fully saturated rings. The zero-order valence-electron chi connectivity index (χ0n) is 11.3. The van der Waals surface area contributed by atoms with Crippen LogP contribution in [0.1, 0.15) is 58.8 Å². The summed E-state index contributed by atoms with van der Waals surface area (Å²) < 4.78 is 0. The van der Waals surface area contributed by atoms with Crippen LogP contribution in [0, 0.1) is 5.92 Å². The van der Waals surface area contributed by atoms with Gasteiger partial charge in [0.2, 0.25) is 0 Å². The molecule has 0 saturated heterocycles. The van der Waals surface area contributed by atoms with Crippen molar-refractivity contribution in [1.29, 1.82) is 0 Å². The fourth-order valence-corrected chi connectivity index (χ4v) is 2.69. The van der Waals surface area contributed by atoms with E-state index in [9.17, 15) is 4.79 Å². The van der Waals surface area contributed by atoms with Crippen molar-refractivity contribution in [2.24, 2.45) is 5.92 Å². The largest absolute Gasteiger partial charge is 0.481 e. The molecule has 17 heavy (non-hydrogen) atoms. The highest BCUT2D eigenvalue weighted by Gasteiger charge is 2.16. The Morgan fingerprint density at radius 3 is 2.41 bits per heavy atom. The van der Waals surface area contributed by atoms with Gasteiger partial charge in [-0.05, 0) is 32.7 Å². The number of carboxylic acid groups (broad SMARTS) is 1. The van der Waals surface area contributed by atoms with Gasteiger partial charge < -0.3 is 10.0 Å². The summed E-state index contributed by atoms with van der Waals surface area (Å²) in [5.41, 5.74) is 0. The topological polar surface area (TPSA) is 40.5 Å². The van der Waals surface area contributed by atoms with Crippen LogP contribution < -0.4 is 0 Å². The molecule has 0 aliphatic heterocycles. The van der Waals surface area contributed by atoms with Crippen molar-refractivity contribution in [2.45, 2.75) is 64.8 Å². The Balaban J connectivity index is 2.25. The molecule has 1 rings (SSSR count). The van der Waals surface area contributed by atoms with E-state index in [0.29, 0.717) is 12.6 Å². The number of hydrogen-bond donors (Lipinski definition) is 1. The van der Waals surface area contributed by atoms with Crippen molar-refractivity contribution in [3.63, 3.8) is 0 Å². The molecule has 100 valence electrons. The van der Waals surface area contributed by atoms with Crippen LogP contribution in [0.15, 0.2) is 0 Å². The summed E-state index contributed by atoms with van der Waals surface area (Å²) in [5.74, 6) is 0.197. The molecule has 0 radical (unpaired) electrons. The van der Waals surface area contributed by atoms with Gasteiger partial charge in [-0.3, -0.25) is 4.79 Å². The molecular weight excluding hydrogens is 214 g/mol. The van der Waals surface area contributed by atoms with Crippen molar-refractivity contribution < 1.29 is 9.90 Å². The highest BCUT2D eigenvalue weighted by Crippen LogP contribution is 2.26. The van der Waals surface area contributed by atoms with Crippen LogP contribution in [-0.2, 0) is 4.79 Å². The first-order chi connectivity index (χ1) is 8.09. The van der Waals surface area contributed by atoms with Crippen LogP contribution in [0.25, 0.3) is 0 Å². The van der Waals surface area contributed by atoms with Crippen molar-refractivity contribution in [3.05, 3.63) is 0 Å². The molecule has 0 heterocycles. The van der Waals surface area contributed by atoms with Gasteiger partial charge in [-0.1, -0.05) is 32.1 Å². The zero-order chi connectivity index (χ0) is 12.7. The van der Waals surface area contributed by atoms with Gasteiger partial charge in [0, 0.05) is 12.6 Å². The van der Waals surface area contributed by atoms with E-state index in [1.54, 1.807) is 0 Å². The number of nitrogens with zero attached hydrogens (tertiary/aromatic N) is 1. The summed E-state index contributed by atoms with van der Waals surface area (Å²) in [6.07, 6.45) is 8.46. The minimum atomic E-state index is -0.687. The first-order valence-corrected chi connectivity index (χ1v) is 7.05. The van der Waals surface area contributed by atoms with Crippen molar-refractivity contribution in [3.8, 4) is 0 Å². The molecule has 3 heteroatoms. The molecule has 0 aromatic heterocycles. The quantitative estimate of drug-likeness (QED) is 0.744. The van der Waals surface area contributed by atoms with E-state index in [-0.39, 0.29) is 6.42 Å². The average Bonchev–Trinajstić information content (AvgIpc) is 2.29. The molecular formula is C14H27NO2. The van der Waals surface area contributed by atoms with Gasteiger partial charge in [0.1, 0.15) is 0 Å². The summed E-state index contributed by atoms with van der Waals surface area (Å²) in [5, 5.41) is 8.73. The van der Waals surface area contributed by atoms with Crippen LogP contribution >= 0.6 is 0 Å². The van der Waals surface area contributed by atoms with Crippen molar-refractivity contribution in [2.75, 3.05) is 13.1 Å². The highest BCUT2D eigenvalue weighted by atomic mass is 16.4. The number of carboxylic acids is 1. The van der Waals surface area contributed by atoms with Crippen LogP contribution in [0.3, 0.4) is 0 Å². The second-order valence-electron chi connectivity index (χ2n) is 5.57. The maximum atomic E-state index is 10.6. The van der Waals surface area contributed by atoms with Gasteiger partial charge in [0.05, 0.1) is 6.42 Å². The normalized spacial score (nSPS) is 17.9. The third kappa shape index (κ3) is 6.06. The van der Waals surface area contributed by atoms with E-state index >= 15 is 0 Å². The number of aliphatic carboxylic acids is 1. The van der Waals surface area contributed by atoms with E-state index in [1.807, 2.05) is 0 Å². The Bertz CT molecular complexity index is 222. The molecule has 0 unspecified atom stereocenters. The fraction of sp³-hybridized carbons (Fsp3) is 0.929. The molecule has 0 atom stereocenters. The lowest BCUT2D eigenvalue weighted by Crippen LogP contribution is -2.34. The summed E-state index contributed by atoms with van der Waals surface area (Å²) in [6, 6.07) is 0.456. The van der Waals surface area contributed by atoms with Gasteiger partial charge in [0.15, 0.2) is 0 Å². The summed E-state index contributed by atoms with van der Waals surface area (Å²) in [6.45, 7) is 6.07. The SMILES string of the molecule is CC(C)N(CCC(=O)O)CCC1CCCCC1. The monoisotopic (exact) mass is 241 g/mol. The minimum absolute atomic E-state index is 0.267. The third-order valence-corrected chi connectivity index (χ3v) is 3.89. The summed E-state index contributed by atoms with van der Waals surface area (Å²) in [4.78, 5) is 12.9. The van der Waals surface area contributed by atoms with E-state index < -0.39 is 5.97 Å². The molecule has 1 aliphatic carbocycles. The molecule has 0 aromatic rings. The Labute approximate surface area is 105 Å². The Morgan fingerprint density at radius 1 is 1.24 bits per heavy atom. The summed E-state index contributed by atoms with van der Waals surface area (Å²) >= 11 is 0. The predicted octanol–water partition coefficient (Wildman–Crippen LogP) is 3.14. The summed E-state index contributed by atoms with van der Waals surface area (Å²) in [7, 11) is 0. The third-order valence-electron chi connectivity index (χ3n) is 3.89. The van der Waals surface area contributed by atoms with E-state index in [4.69, 9.17) is 5.11 Å². The zero-order valence-corrected chi connectivity index (χ0v) is 11.3. The maximum absolute atomic E-state index is 10.6. The second-order valence-corrected chi connectivity index (χ2v) is 5.57. The lowest BCUT2D eigenvalue weighted by Gasteiger charge is -2.29. The van der Waals surface area contributed by atoms with E-state index in [0.717, 1.165) is 12.5 Å². The molecule has 0 bridgehead atoms. The van der Waals surface area contributed by atoms with Gasteiger partial charge in [-0.25, -0.2) is 0 Å². The number of carbonyl (C=O) groups is 1. The van der Waals surface area contributed by atoms with Crippen LogP contribution in [0.5, 0.6) is 0 Å². The molecule has 1 aliphatic rings. The first kappa shape index (κ1) is 14.5. The van der Waals surface area contributed by atoms with Crippen molar-refractivity contribution >= 4 is 5.97 Å². The average molecular weight is 241 g/mol. The van der Waals surface area contributed by atoms with Gasteiger partial charge >= 0.3 is 5.97 Å². The van der Waals surface area contributed by atoms with E-state index in [1.165, 1.54) is 38.5 Å².